The van der Waals surface area contributed by atoms with Crippen molar-refractivity contribution in [1.29, 1.82) is 0 Å². The molecule has 2 aromatic carbocycles. The highest BCUT2D eigenvalue weighted by molar-refractivity contribution is 7.99. The average molecular weight is 353 g/mol. The highest BCUT2D eigenvalue weighted by atomic mass is 32.2. The highest BCUT2D eigenvalue weighted by Gasteiger charge is 2.08. The van der Waals surface area contributed by atoms with Gasteiger partial charge in [-0.1, -0.05) is 12.1 Å². The summed E-state index contributed by atoms with van der Waals surface area (Å²) in [5.41, 5.74) is 5.84. The summed E-state index contributed by atoms with van der Waals surface area (Å²) >= 11 is 3.26. The first kappa shape index (κ1) is 15.4. The lowest BCUT2D eigenvalue weighted by molar-refractivity contribution is 0.322. The highest BCUT2D eigenvalue weighted by Crippen LogP contribution is 2.32. The zero-order chi connectivity index (χ0) is 16.4. The summed E-state index contributed by atoms with van der Waals surface area (Å²) in [6.45, 7) is 0.159. The van der Waals surface area contributed by atoms with Crippen LogP contribution < -0.4 is 5.32 Å². The second-order valence-corrected chi connectivity index (χ2v) is 7.27. The predicted octanol–water partition coefficient (Wildman–Crippen LogP) is 4.67. The number of rotatable bonds is 5. The number of benzene rings is 2. The van der Waals surface area contributed by atoms with E-state index in [1.54, 1.807) is 23.1 Å². The van der Waals surface area contributed by atoms with E-state index in [1.165, 1.54) is 4.70 Å². The summed E-state index contributed by atoms with van der Waals surface area (Å²) < 4.78 is 1.18. The molecule has 4 aromatic rings. The van der Waals surface area contributed by atoms with Gasteiger partial charge in [0.05, 0.1) is 27.9 Å². The number of aliphatic hydroxyl groups is 1. The van der Waals surface area contributed by atoms with Gasteiger partial charge in [0.25, 0.3) is 0 Å². The summed E-state index contributed by atoms with van der Waals surface area (Å²) in [6.07, 6.45) is 1.81. The van der Waals surface area contributed by atoms with E-state index in [0.29, 0.717) is 5.75 Å². The van der Waals surface area contributed by atoms with Crippen LogP contribution in [-0.2, 0) is 0 Å². The molecule has 0 amide bonds. The Hall–Kier alpha value is -2.15. The molecule has 0 spiro atoms. The Morgan fingerprint density at radius 3 is 3.00 bits per heavy atom. The van der Waals surface area contributed by atoms with Crippen molar-refractivity contribution in [2.45, 2.75) is 4.90 Å². The number of nitrogens with one attached hydrogen (secondary N) is 1. The lowest BCUT2D eigenvalue weighted by Crippen LogP contribution is -1.94. The number of pyridine rings is 1. The first-order valence-electron chi connectivity index (χ1n) is 7.57. The monoisotopic (exact) mass is 353 g/mol. The van der Waals surface area contributed by atoms with E-state index in [2.05, 4.69) is 39.6 Å². The van der Waals surface area contributed by atoms with Crippen LogP contribution in [-0.4, -0.2) is 27.4 Å². The van der Waals surface area contributed by atoms with Crippen molar-refractivity contribution in [3.8, 4) is 0 Å². The number of aliphatic hydroxyl groups excluding tert-OH is 1. The molecule has 2 N–H and O–H groups in total. The molecule has 0 fully saturated rings. The number of thiazole rings is 1. The van der Waals surface area contributed by atoms with Crippen LogP contribution in [0.1, 0.15) is 0 Å². The molecule has 120 valence electrons. The summed E-state index contributed by atoms with van der Waals surface area (Å²) in [4.78, 5) is 9.98. The molecule has 0 atom stereocenters. The van der Waals surface area contributed by atoms with Gasteiger partial charge < -0.3 is 10.4 Å². The SMILES string of the molecule is OCCSc1cccc2c(Nc3ccc4scnc4c3)ccnc12. The molecule has 0 unspecified atom stereocenters. The molecule has 0 saturated heterocycles. The van der Waals surface area contributed by atoms with Gasteiger partial charge in [0.1, 0.15) is 0 Å². The lowest BCUT2D eigenvalue weighted by atomic mass is 10.2. The van der Waals surface area contributed by atoms with Gasteiger partial charge in [-0.05, 0) is 30.3 Å². The molecule has 0 saturated carbocycles. The molecule has 2 heterocycles. The van der Waals surface area contributed by atoms with Gasteiger partial charge in [-0.2, -0.15) is 0 Å². The summed E-state index contributed by atoms with van der Waals surface area (Å²) in [5.74, 6) is 0.666. The van der Waals surface area contributed by atoms with Crippen LogP contribution in [0.4, 0.5) is 11.4 Å². The van der Waals surface area contributed by atoms with Crippen molar-refractivity contribution in [1.82, 2.24) is 9.97 Å². The number of nitrogens with zero attached hydrogens (tertiary/aromatic N) is 2. The Kier molecular flexibility index (Phi) is 4.34. The standard InChI is InChI=1S/C18H15N3OS2/c22-8-9-23-17-3-1-2-13-14(6-7-19-18(13)17)21-12-4-5-16-15(10-12)20-11-24-16/h1-7,10-11,22H,8-9H2,(H,19,21). The van der Waals surface area contributed by atoms with E-state index in [9.17, 15) is 0 Å². The summed E-state index contributed by atoms with van der Waals surface area (Å²) in [7, 11) is 0. The zero-order valence-electron chi connectivity index (χ0n) is 12.8. The summed E-state index contributed by atoms with van der Waals surface area (Å²) in [6, 6.07) is 14.3. The molecular formula is C18H15N3OS2. The Morgan fingerprint density at radius 2 is 2.08 bits per heavy atom. The van der Waals surface area contributed by atoms with Crippen LogP contribution in [0.25, 0.3) is 21.1 Å². The third kappa shape index (κ3) is 2.96. The molecule has 0 radical (unpaired) electrons. The van der Waals surface area contributed by atoms with Gasteiger partial charge in [0, 0.05) is 33.6 Å². The van der Waals surface area contributed by atoms with E-state index in [4.69, 9.17) is 5.11 Å². The zero-order valence-corrected chi connectivity index (χ0v) is 14.4. The van der Waals surface area contributed by atoms with Gasteiger partial charge in [0.2, 0.25) is 0 Å². The smallest absolute Gasteiger partial charge is 0.0858 e. The fourth-order valence-electron chi connectivity index (χ4n) is 2.62. The van der Waals surface area contributed by atoms with Crippen molar-refractivity contribution in [3.63, 3.8) is 0 Å². The van der Waals surface area contributed by atoms with E-state index < -0.39 is 0 Å². The maximum absolute atomic E-state index is 9.06. The van der Waals surface area contributed by atoms with Crippen molar-refractivity contribution in [2.24, 2.45) is 0 Å². The fourth-order valence-corrected chi connectivity index (χ4v) is 4.07. The number of hydrogen-bond acceptors (Lipinski definition) is 6. The Labute approximate surface area is 147 Å². The van der Waals surface area contributed by atoms with Gasteiger partial charge in [-0.15, -0.1) is 23.1 Å². The lowest BCUT2D eigenvalue weighted by Gasteiger charge is -2.11. The van der Waals surface area contributed by atoms with Crippen LogP contribution >= 0.6 is 23.1 Å². The third-order valence-corrected chi connectivity index (χ3v) is 5.53. The third-order valence-electron chi connectivity index (χ3n) is 3.69. The molecule has 0 aliphatic heterocycles. The van der Waals surface area contributed by atoms with E-state index in [-0.39, 0.29) is 6.61 Å². The average Bonchev–Trinajstić information content (AvgIpc) is 3.08. The van der Waals surface area contributed by atoms with Crippen molar-refractivity contribution in [2.75, 3.05) is 17.7 Å². The Bertz CT molecular complexity index is 1000. The largest absolute Gasteiger partial charge is 0.396 e. The predicted molar refractivity (Wildman–Crippen MR) is 102 cm³/mol. The number of anilines is 2. The first-order valence-corrected chi connectivity index (χ1v) is 9.43. The molecule has 4 nitrogen and oxygen atoms in total. The molecular weight excluding hydrogens is 338 g/mol. The topological polar surface area (TPSA) is 58.0 Å². The van der Waals surface area contributed by atoms with Crippen LogP contribution in [0.2, 0.25) is 0 Å². The van der Waals surface area contributed by atoms with E-state index >= 15 is 0 Å². The van der Waals surface area contributed by atoms with Crippen molar-refractivity contribution < 1.29 is 5.11 Å². The first-order chi connectivity index (χ1) is 11.8. The summed E-state index contributed by atoms with van der Waals surface area (Å²) in [5, 5.41) is 13.6. The fraction of sp³-hybridized carbons (Fsp3) is 0.111. The van der Waals surface area contributed by atoms with Crippen LogP contribution in [0.5, 0.6) is 0 Å². The minimum absolute atomic E-state index is 0.159. The molecule has 6 heteroatoms. The number of para-hydroxylation sites is 1. The van der Waals surface area contributed by atoms with Crippen LogP contribution in [0.3, 0.4) is 0 Å². The van der Waals surface area contributed by atoms with Gasteiger partial charge >= 0.3 is 0 Å². The Balaban J connectivity index is 1.73. The minimum atomic E-state index is 0.159. The number of thioether (sulfide) groups is 1. The normalized spacial score (nSPS) is 11.2. The van der Waals surface area contributed by atoms with Crippen LogP contribution in [0, 0.1) is 0 Å². The minimum Gasteiger partial charge on any atom is -0.396 e. The van der Waals surface area contributed by atoms with Gasteiger partial charge in [-0.25, -0.2) is 4.98 Å². The number of fused-ring (bicyclic) bond motifs is 2. The molecule has 24 heavy (non-hydrogen) atoms. The van der Waals surface area contributed by atoms with Crippen molar-refractivity contribution >= 4 is 55.6 Å². The van der Waals surface area contributed by atoms with Crippen molar-refractivity contribution in [3.05, 3.63) is 54.2 Å². The van der Waals surface area contributed by atoms with E-state index in [0.717, 1.165) is 32.7 Å². The number of aromatic nitrogens is 2. The second kappa shape index (κ2) is 6.76. The van der Waals surface area contributed by atoms with E-state index in [1.807, 2.05) is 29.9 Å². The second-order valence-electron chi connectivity index (χ2n) is 5.24. The number of hydrogen-bond donors (Lipinski definition) is 2. The van der Waals surface area contributed by atoms with Gasteiger partial charge in [0.15, 0.2) is 0 Å². The van der Waals surface area contributed by atoms with Gasteiger partial charge in [-0.3, -0.25) is 4.98 Å². The Morgan fingerprint density at radius 1 is 1.12 bits per heavy atom. The molecule has 4 rings (SSSR count). The molecule has 0 bridgehead atoms. The molecule has 0 aliphatic rings. The molecule has 2 aromatic heterocycles. The maximum Gasteiger partial charge on any atom is 0.0858 e. The quantitative estimate of drug-likeness (QED) is 0.511. The molecule has 0 aliphatic carbocycles. The van der Waals surface area contributed by atoms with Crippen LogP contribution in [0.15, 0.2) is 59.1 Å². The maximum atomic E-state index is 9.06.